The Kier molecular flexibility index (Phi) is 2.67. The predicted molar refractivity (Wildman–Crippen MR) is 56.5 cm³/mol. The molecule has 2 amide bonds. The van der Waals surface area contributed by atoms with Gasteiger partial charge in [-0.25, -0.2) is 4.79 Å². The Hall–Kier alpha value is -1.10. The molecule has 1 N–H and O–H groups in total. The third kappa shape index (κ3) is 1.87. The first-order valence-corrected chi connectivity index (χ1v) is 5.49. The number of hydrogen-bond acceptors (Lipinski definition) is 3. The molecular formula is C9H13N3OS. The minimum Gasteiger partial charge on any atom is -0.325 e. The van der Waals surface area contributed by atoms with Crippen LogP contribution in [0.1, 0.15) is 19.3 Å². The van der Waals surface area contributed by atoms with Crippen LogP contribution in [0.25, 0.3) is 0 Å². The average Bonchev–Trinajstić information content (AvgIpc) is 2.53. The molecule has 1 heterocycles. The molecule has 0 aromatic carbocycles. The van der Waals surface area contributed by atoms with Crippen molar-refractivity contribution in [3.05, 3.63) is 12.3 Å². The normalized spacial score (nSPS) is 16.1. The highest BCUT2D eigenvalue weighted by Gasteiger charge is 2.25. The Balaban J connectivity index is 1.88. The number of urea groups is 1. The first-order valence-electron chi connectivity index (χ1n) is 4.72. The van der Waals surface area contributed by atoms with Crippen molar-refractivity contribution in [1.29, 1.82) is 0 Å². The summed E-state index contributed by atoms with van der Waals surface area (Å²) >= 11 is 1.30. The van der Waals surface area contributed by atoms with E-state index in [9.17, 15) is 4.79 Å². The number of nitrogens with zero attached hydrogens (tertiary/aromatic N) is 2. The van der Waals surface area contributed by atoms with E-state index in [4.69, 9.17) is 0 Å². The van der Waals surface area contributed by atoms with Gasteiger partial charge in [0.2, 0.25) is 0 Å². The number of hydrogen-bond donors (Lipinski definition) is 1. The van der Waals surface area contributed by atoms with Gasteiger partial charge in [0.1, 0.15) is 5.00 Å². The number of nitrogens with one attached hydrogen (secondary N) is 1. The molecule has 1 aromatic rings. The molecule has 0 radical (unpaired) electrons. The molecule has 0 spiro atoms. The quantitative estimate of drug-likeness (QED) is 0.814. The van der Waals surface area contributed by atoms with E-state index in [-0.39, 0.29) is 6.03 Å². The molecule has 1 saturated carbocycles. The van der Waals surface area contributed by atoms with Crippen LogP contribution in [0.4, 0.5) is 9.80 Å². The molecule has 14 heavy (non-hydrogen) atoms. The van der Waals surface area contributed by atoms with Gasteiger partial charge in [-0.05, 0) is 36.9 Å². The average molecular weight is 211 g/mol. The zero-order chi connectivity index (χ0) is 9.97. The molecule has 0 bridgehead atoms. The Morgan fingerprint density at radius 3 is 3.00 bits per heavy atom. The van der Waals surface area contributed by atoms with Gasteiger partial charge in [0.25, 0.3) is 0 Å². The second-order valence-corrected chi connectivity index (χ2v) is 4.34. The zero-order valence-corrected chi connectivity index (χ0v) is 8.88. The summed E-state index contributed by atoms with van der Waals surface area (Å²) in [5, 5.41) is 3.62. The van der Waals surface area contributed by atoms with Gasteiger partial charge in [0.05, 0.1) is 0 Å². The first kappa shape index (κ1) is 9.45. The van der Waals surface area contributed by atoms with Crippen LogP contribution in [0, 0.1) is 0 Å². The molecule has 0 saturated heterocycles. The van der Waals surface area contributed by atoms with E-state index >= 15 is 0 Å². The fourth-order valence-corrected chi connectivity index (χ4v) is 1.90. The van der Waals surface area contributed by atoms with Crippen LogP contribution in [-0.4, -0.2) is 28.4 Å². The lowest BCUT2D eigenvalue weighted by molar-refractivity contribution is 0.169. The van der Waals surface area contributed by atoms with Crippen LogP contribution in [-0.2, 0) is 0 Å². The maximum Gasteiger partial charge on any atom is 0.322 e. The van der Waals surface area contributed by atoms with Crippen LogP contribution < -0.4 is 5.32 Å². The minimum absolute atomic E-state index is 0.0287. The molecule has 1 aliphatic rings. The largest absolute Gasteiger partial charge is 0.325 e. The summed E-state index contributed by atoms with van der Waals surface area (Å²) in [7, 11) is 1.85. The summed E-state index contributed by atoms with van der Waals surface area (Å²) in [6.07, 6.45) is 5.19. The van der Waals surface area contributed by atoms with E-state index in [1.807, 2.05) is 7.05 Å². The number of anilines is 1. The van der Waals surface area contributed by atoms with Crippen molar-refractivity contribution in [2.45, 2.75) is 25.3 Å². The molecular weight excluding hydrogens is 198 g/mol. The van der Waals surface area contributed by atoms with E-state index in [0.717, 1.165) is 17.8 Å². The molecule has 1 aromatic heterocycles. The van der Waals surface area contributed by atoms with Gasteiger partial charge in [-0.3, -0.25) is 5.32 Å². The van der Waals surface area contributed by atoms with Crippen LogP contribution in [0.3, 0.4) is 0 Å². The van der Waals surface area contributed by atoms with Gasteiger partial charge in [-0.1, -0.05) is 0 Å². The monoisotopic (exact) mass is 211 g/mol. The molecule has 4 nitrogen and oxygen atoms in total. The smallest absolute Gasteiger partial charge is 0.322 e. The number of rotatable bonds is 2. The number of carbonyl (C=O) groups is 1. The second-order valence-electron chi connectivity index (χ2n) is 3.50. The minimum atomic E-state index is -0.0287. The Morgan fingerprint density at radius 1 is 1.71 bits per heavy atom. The molecule has 76 valence electrons. The van der Waals surface area contributed by atoms with Crippen molar-refractivity contribution in [2.24, 2.45) is 0 Å². The topological polar surface area (TPSA) is 45.2 Å². The predicted octanol–water partition coefficient (Wildman–Crippen LogP) is 2.16. The highest BCUT2D eigenvalue weighted by molar-refractivity contribution is 7.10. The Labute approximate surface area is 87.1 Å². The lowest BCUT2D eigenvalue weighted by Gasteiger charge is -2.34. The summed E-state index contributed by atoms with van der Waals surface area (Å²) in [4.78, 5) is 13.4. The van der Waals surface area contributed by atoms with Crippen LogP contribution in [0.15, 0.2) is 12.3 Å². The molecule has 0 aliphatic heterocycles. The van der Waals surface area contributed by atoms with Crippen molar-refractivity contribution in [3.63, 3.8) is 0 Å². The number of aromatic nitrogens is 1. The van der Waals surface area contributed by atoms with Gasteiger partial charge < -0.3 is 4.90 Å². The number of amides is 2. The SMILES string of the molecule is CN(C(=O)Nc1ccns1)C1CCC1. The fraction of sp³-hybridized carbons (Fsp3) is 0.556. The van der Waals surface area contributed by atoms with Crippen molar-refractivity contribution in [3.8, 4) is 0 Å². The van der Waals surface area contributed by atoms with Gasteiger partial charge in [-0.2, -0.15) is 4.37 Å². The first-order chi connectivity index (χ1) is 6.77. The van der Waals surface area contributed by atoms with Crippen molar-refractivity contribution in [1.82, 2.24) is 9.27 Å². The van der Waals surface area contributed by atoms with Crippen molar-refractivity contribution >= 4 is 22.6 Å². The van der Waals surface area contributed by atoms with Crippen molar-refractivity contribution < 1.29 is 4.79 Å². The molecule has 2 rings (SSSR count). The van der Waals surface area contributed by atoms with Crippen LogP contribution in [0.5, 0.6) is 0 Å². The van der Waals surface area contributed by atoms with Crippen LogP contribution >= 0.6 is 11.5 Å². The third-order valence-corrected chi connectivity index (χ3v) is 3.27. The number of carbonyl (C=O) groups excluding carboxylic acids is 1. The highest BCUT2D eigenvalue weighted by atomic mass is 32.1. The van der Waals surface area contributed by atoms with E-state index in [1.54, 1.807) is 17.2 Å². The summed E-state index contributed by atoms with van der Waals surface area (Å²) in [5.41, 5.74) is 0. The summed E-state index contributed by atoms with van der Waals surface area (Å²) < 4.78 is 3.92. The lowest BCUT2D eigenvalue weighted by atomic mass is 9.92. The van der Waals surface area contributed by atoms with E-state index < -0.39 is 0 Å². The summed E-state index contributed by atoms with van der Waals surface area (Å²) in [5.74, 6) is 0. The van der Waals surface area contributed by atoms with Gasteiger partial charge in [0.15, 0.2) is 0 Å². The Morgan fingerprint density at radius 2 is 2.50 bits per heavy atom. The lowest BCUT2D eigenvalue weighted by Crippen LogP contribution is -2.43. The maximum absolute atomic E-state index is 11.6. The molecule has 5 heteroatoms. The van der Waals surface area contributed by atoms with E-state index in [0.29, 0.717) is 6.04 Å². The fourth-order valence-electron chi connectivity index (χ4n) is 1.41. The van der Waals surface area contributed by atoms with Gasteiger partial charge >= 0.3 is 6.03 Å². The Bertz CT molecular complexity index is 308. The standard InChI is InChI=1S/C9H13N3OS/c1-12(7-3-2-4-7)9(13)11-8-5-6-10-14-8/h5-7H,2-4H2,1H3,(H,11,13). The van der Waals surface area contributed by atoms with Gasteiger partial charge in [-0.15, -0.1) is 0 Å². The zero-order valence-electron chi connectivity index (χ0n) is 8.06. The van der Waals surface area contributed by atoms with Gasteiger partial charge in [0, 0.05) is 19.3 Å². The molecule has 0 atom stereocenters. The van der Waals surface area contributed by atoms with Crippen LogP contribution in [0.2, 0.25) is 0 Å². The molecule has 1 fully saturated rings. The second kappa shape index (κ2) is 3.96. The third-order valence-electron chi connectivity index (χ3n) is 2.61. The van der Waals surface area contributed by atoms with Crippen molar-refractivity contribution in [2.75, 3.05) is 12.4 Å². The highest BCUT2D eigenvalue weighted by Crippen LogP contribution is 2.24. The maximum atomic E-state index is 11.6. The molecule has 0 unspecified atom stereocenters. The molecule has 1 aliphatic carbocycles. The van der Waals surface area contributed by atoms with E-state index in [1.165, 1.54) is 18.0 Å². The summed E-state index contributed by atoms with van der Waals surface area (Å²) in [6.45, 7) is 0. The van der Waals surface area contributed by atoms with E-state index in [2.05, 4.69) is 9.69 Å². The summed E-state index contributed by atoms with van der Waals surface area (Å²) in [6, 6.07) is 2.21.